The normalized spacial score (nSPS) is 17.6. The van der Waals surface area contributed by atoms with E-state index >= 15 is 0 Å². The first kappa shape index (κ1) is 14.6. The number of rotatable bonds is 3. The van der Waals surface area contributed by atoms with Crippen LogP contribution in [0.5, 0.6) is 5.75 Å². The van der Waals surface area contributed by atoms with Gasteiger partial charge in [0.25, 0.3) is 0 Å². The second-order valence-electron chi connectivity index (χ2n) is 5.21. The highest BCUT2D eigenvalue weighted by Gasteiger charge is 2.38. The van der Waals surface area contributed by atoms with E-state index < -0.39 is 5.54 Å². The predicted molar refractivity (Wildman–Crippen MR) is 83.3 cm³/mol. The van der Waals surface area contributed by atoms with Gasteiger partial charge in [-0.25, -0.2) is 0 Å². The molecule has 0 aromatic heterocycles. The average Bonchev–Trinajstić information content (AvgIpc) is 2.41. The van der Waals surface area contributed by atoms with Crippen molar-refractivity contribution in [2.45, 2.75) is 19.4 Å². The highest BCUT2D eigenvalue weighted by Crippen LogP contribution is 2.32. The fourth-order valence-electron chi connectivity index (χ4n) is 2.39. The maximum absolute atomic E-state index is 12.1. The fourth-order valence-corrected chi connectivity index (χ4v) is 2.56. The quantitative estimate of drug-likeness (QED) is 0.815. The summed E-state index contributed by atoms with van der Waals surface area (Å²) in [4.78, 5) is 14.4. The molecule has 1 fully saturated rings. The second kappa shape index (κ2) is 5.28. The lowest BCUT2D eigenvalue weighted by atomic mass is 9.96. The monoisotopic (exact) mass is 293 g/mol. The second-order valence-corrected chi connectivity index (χ2v) is 5.65. The van der Waals surface area contributed by atoms with Crippen LogP contribution in [0.3, 0.4) is 0 Å². The lowest BCUT2D eigenvalue weighted by molar-refractivity contribution is -0.126. The zero-order valence-electron chi connectivity index (χ0n) is 11.9. The smallest absolute Gasteiger partial charge is 0.245 e. The minimum Gasteiger partial charge on any atom is -0.497 e. The van der Waals surface area contributed by atoms with Gasteiger partial charge in [0.1, 0.15) is 16.3 Å². The summed E-state index contributed by atoms with van der Waals surface area (Å²) in [7, 11) is 1.60. The summed E-state index contributed by atoms with van der Waals surface area (Å²) in [5.41, 5.74) is 6.72. The Morgan fingerprint density at radius 2 is 2.20 bits per heavy atom. The number of carbonyl (C=O) groups is 1. The zero-order chi connectivity index (χ0) is 14.9. The van der Waals surface area contributed by atoms with Crippen LogP contribution in [0, 0.1) is 0 Å². The first-order chi connectivity index (χ1) is 9.37. The minimum atomic E-state index is -0.663. The van der Waals surface area contributed by atoms with E-state index in [9.17, 15) is 4.79 Å². The van der Waals surface area contributed by atoms with Gasteiger partial charge < -0.3 is 20.7 Å². The van der Waals surface area contributed by atoms with Gasteiger partial charge in [-0.3, -0.25) is 4.79 Å². The molecule has 3 N–H and O–H groups in total. The summed E-state index contributed by atoms with van der Waals surface area (Å²) in [6.07, 6.45) is 0. The molecule has 5 nitrogen and oxygen atoms in total. The van der Waals surface area contributed by atoms with E-state index in [1.165, 1.54) is 0 Å². The van der Waals surface area contributed by atoms with Gasteiger partial charge >= 0.3 is 0 Å². The van der Waals surface area contributed by atoms with Crippen molar-refractivity contribution < 1.29 is 9.53 Å². The molecule has 0 saturated carbocycles. The Balaban J connectivity index is 2.54. The number of amides is 1. The highest BCUT2D eigenvalue weighted by molar-refractivity contribution is 7.80. The Morgan fingerprint density at radius 3 is 2.80 bits per heavy atom. The van der Waals surface area contributed by atoms with E-state index in [1.807, 2.05) is 36.9 Å². The standard InChI is InChI=1S/C14H19N3O2S/c1-14(2)13(18)16-6-7-17(14)11-8-9(19-3)4-5-10(11)12(15)20/h4-5,8H,6-7H2,1-3H3,(H2,15,20)(H,16,18). The molecule has 1 heterocycles. The van der Waals surface area contributed by atoms with E-state index in [0.29, 0.717) is 23.8 Å². The number of anilines is 1. The van der Waals surface area contributed by atoms with Crippen LogP contribution >= 0.6 is 12.2 Å². The van der Waals surface area contributed by atoms with E-state index in [4.69, 9.17) is 22.7 Å². The molecule has 1 aromatic carbocycles. The summed E-state index contributed by atoms with van der Waals surface area (Å²) in [6.45, 7) is 5.05. The van der Waals surface area contributed by atoms with Gasteiger partial charge in [-0.2, -0.15) is 0 Å². The Kier molecular flexibility index (Phi) is 3.85. The molecular formula is C14H19N3O2S. The maximum Gasteiger partial charge on any atom is 0.245 e. The summed E-state index contributed by atoms with van der Waals surface area (Å²) in [5, 5.41) is 2.87. The van der Waals surface area contributed by atoms with Crippen LogP contribution in [0.25, 0.3) is 0 Å². The molecule has 1 amide bonds. The number of benzene rings is 1. The molecule has 20 heavy (non-hydrogen) atoms. The third kappa shape index (κ3) is 2.43. The molecule has 0 bridgehead atoms. The molecule has 108 valence electrons. The van der Waals surface area contributed by atoms with E-state index in [0.717, 1.165) is 11.3 Å². The zero-order valence-corrected chi connectivity index (χ0v) is 12.7. The van der Waals surface area contributed by atoms with Crippen molar-refractivity contribution in [1.29, 1.82) is 0 Å². The Labute approximate surface area is 124 Å². The summed E-state index contributed by atoms with van der Waals surface area (Å²) in [5.74, 6) is 0.697. The van der Waals surface area contributed by atoms with Crippen LogP contribution in [0.1, 0.15) is 19.4 Å². The molecule has 0 atom stereocenters. The fraction of sp³-hybridized carbons (Fsp3) is 0.429. The van der Waals surface area contributed by atoms with Gasteiger partial charge in [-0.05, 0) is 26.0 Å². The lowest BCUT2D eigenvalue weighted by Gasteiger charge is -2.43. The number of methoxy groups -OCH3 is 1. The molecule has 1 saturated heterocycles. The molecule has 1 aliphatic heterocycles. The van der Waals surface area contributed by atoms with Gasteiger partial charge in [0, 0.05) is 24.7 Å². The number of ether oxygens (including phenoxy) is 1. The lowest BCUT2D eigenvalue weighted by Crippen LogP contribution is -2.62. The van der Waals surface area contributed by atoms with Crippen molar-refractivity contribution in [3.8, 4) is 5.75 Å². The van der Waals surface area contributed by atoms with Crippen LogP contribution in [0.2, 0.25) is 0 Å². The van der Waals surface area contributed by atoms with Crippen molar-refractivity contribution in [3.05, 3.63) is 23.8 Å². The number of nitrogens with zero attached hydrogens (tertiary/aromatic N) is 1. The van der Waals surface area contributed by atoms with Crippen molar-refractivity contribution in [2.24, 2.45) is 5.73 Å². The van der Waals surface area contributed by atoms with E-state index in [1.54, 1.807) is 7.11 Å². The number of piperazine rings is 1. The molecule has 1 aromatic rings. The van der Waals surface area contributed by atoms with Crippen molar-refractivity contribution in [2.75, 3.05) is 25.1 Å². The van der Waals surface area contributed by atoms with Crippen molar-refractivity contribution in [1.82, 2.24) is 5.32 Å². The molecule has 6 heteroatoms. The number of hydrogen-bond acceptors (Lipinski definition) is 4. The predicted octanol–water partition coefficient (Wildman–Crippen LogP) is 1.04. The van der Waals surface area contributed by atoms with Crippen LogP contribution in [-0.4, -0.2) is 36.6 Å². The van der Waals surface area contributed by atoms with Gasteiger partial charge in [0.05, 0.1) is 12.8 Å². The molecule has 0 aliphatic carbocycles. The number of thiocarbonyl (C=S) groups is 1. The first-order valence-electron chi connectivity index (χ1n) is 6.41. The largest absolute Gasteiger partial charge is 0.497 e. The van der Waals surface area contributed by atoms with Gasteiger partial charge in [-0.1, -0.05) is 12.2 Å². The Morgan fingerprint density at radius 1 is 1.50 bits per heavy atom. The topological polar surface area (TPSA) is 67.6 Å². The molecule has 2 rings (SSSR count). The SMILES string of the molecule is COc1ccc(C(N)=S)c(N2CCNC(=O)C2(C)C)c1. The Hall–Kier alpha value is -1.82. The van der Waals surface area contributed by atoms with Gasteiger partial charge in [0.2, 0.25) is 5.91 Å². The van der Waals surface area contributed by atoms with Gasteiger partial charge in [0.15, 0.2) is 0 Å². The molecule has 0 spiro atoms. The van der Waals surface area contributed by atoms with Gasteiger partial charge in [-0.15, -0.1) is 0 Å². The van der Waals surface area contributed by atoms with E-state index in [-0.39, 0.29) is 5.91 Å². The summed E-state index contributed by atoms with van der Waals surface area (Å²) >= 11 is 5.11. The third-order valence-corrected chi connectivity index (χ3v) is 3.83. The van der Waals surface area contributed by atoms with Crippen LogP contribution in [-0.2, 0) is 4.79 Å². The third-order valence-electron chi connectivity index (χ3n) is 3.61. The number of nitrogens with one attached hydrogen (secondary N) is 1. The van der Waals surface area contributed by atoms with Crippen LogP contribution in [0.15, 0.2) is 18.2 Å². The minimum absolute atomic E-state index is 0.0135. The summed E-state index contributed by atoms with van der Waals surface area (Å²) < 4.78 is 5.26. The van der Waals surface area contributed by atoms with E-state index in [2.05, 4.69) is 5.32 Å². The molecular weight excluding hydrogens is 274 g/mol. The maximum atomic E-state index is 12.1. The van der Waals surface area contributed by atoms with Crippen molar-refractivity contribution >= 4 is 28.8 Å². The van der Waals surface area contributed by atoms with Crippen LogP contribution < -0.4 is 20.7 Å². The molecule has 1 aliphatic rings. The molecule has 0 radical (unpaired) electrons. The summed E-state index contributed by atoms with van der Waals surface area (Å²) in [6, 6.07) is 5.52. The number of nitrogens with two attached hydrogens (primary N) is 1. The van der Waals surface area contributed by atoms with Crippen molar-refractivity contribution in [3.63, 3.8) is 0 Å². The molecule has 0 unspecified atom stereocenters. The number of hydrogen-bond donors (Lipinski definition) is 2. The number of carbonyl (C=O) groups excluding carboxylic acids is 1. The van der Waals surface area contributed by atoms with Crippen LogP contribution in [0.4, 0.5) is 5.69 Å². The first-order valence-corrected chi connectivity index (χ1v) is 6.82. The highest BCUT2D eigenvalue weighted by atomic mass is 32.1. The average molecular weight is 293 g/mol. The Bertz CT molecular complexity index is 557.